The summed E-state index contributed by atoms with van der Waals surface area (Å²) in [4.78, 5) is 12.4. The summed E-state index contributed by atoms with van der Waals surface area (Å²) in [7, 11) is 0. The molecule has 6 heteroatoms. The lowest BCUT2D eigenvalue weighted by Gasteiger charge is -2.14. The van der Waals surface area contributed by atoms with Gasteiger partial charge >= 0.3 is 6.09 Å². The average molecular weight is 377 g/mol. The Kier molecular flexibility index (Phi) is 4.88. The van der Waals surface area contributed by atoms with Crippen LogP contribution in [0.15, 0.2) is 48.5 Å². The molecule has 1 amide bonds. The number of rotatable bonds is 5. The fourth-order valence-corrected chi connectivity index (χ4v) is 3.93. The average Bonchev–Trinajstić information content (AvgIpc) is 3.16. The summed E-state index contributed by atoms with van der Waals surface area (Å²) in [6, 6.07) is 16.5. The summed E-state index contributed by atoms with van der Waals surface area (Å²) < 4.78 is 7.26. The number of carbonyl (C=O) groups is 1. The number of ether oxygens (including phenoxy) is 1. The second-order valence-electron chi connectivity index (χ2n) is 6.94. The number of hydrogen-bond donors (Lipinski definition) is 2. The van der Waals surface area contributed by atoms with Gasteiger partial charge in [0.05, 0.1) is 30.2 Å². The molecule has 2 aromatic carbocycles. The molecule has 0 radical (unpaired) electrons. The summed E-state index contributed by atoms with van der Waals surface area (Å²) >= 11 is 0. The number of carbonyl (C=O) groups excluding carboxylic acids is 1. The number of fused-ring (bicyclic) bond motifs is 3. The van der Waals surface area contributed by atoms with E-state index < -0.39 is 6.09 Å². The molecular formula is C22H23N3O3. The van der Waals surface area contributed by atoms with Gasteiger partial charge < -0.3 is 9.84 Å². The molecule has 3 aromatic rings. The van der Waals surface area contributed by atoms with Crippen LogP contribution in [-0.2, 0) is 11.3 Å². The fourth-order valence-electron chi connectivity index (χ4n) is 3.93. The van der Waals surface area contributed by atoms with Gasteiger partial charge in [-0.3, -0.25) is 10.00 Å². The molecule has 0 saturated heterocycles. The number of aliphatic hydroxyl groups is 1. The van der Waals surface area contributed by atoms with Crippen molar-refractivity contribution in [2.75, 3.05) is 18.5 Å². The highest BCUT2D eigenvalue weighted by Gasteiger charge is 2.29. The molecule has 0 bridgehead atoms. The molecule has 144 valence electrons. The van der Waals surface area contributed by atoms with Crippen molar-refractivity contribution in [2.24, 2.45) is 0 Å². The van der Waals surface area contributed by atoms with Crippen molar-refractivity contribution < 1.29 is 14.6 Å². The van der Waals surface area contributed by atoms with Crippen LogP contribution in [0.25, 0.3) is 11.1 Å². The molecule has 1 aromatic heterocycles. The molecule has 6 nitrogen and oxygen atoms in total. The summed E-state index contributed by atoms with van der Waals surface area (Å²) in [6.07, 6.45) is -0.503. The minimum atomic E-state index is -0.503. The van der Waals surface area contributed by atoms with Crippen LogP contribution in [0.4, 0.5) is 10.5 Å². The first-order chi connectivity index (χ1) is 13.6. The summed E-state index contributed by atoms with van der Waals surface area (Å²) in [5.74, 6) is 0.0254. The van der Waals surface area contributed by atoms with Crippen LogP contribution in [0, 0.1) is 13.8 Å². The third kappa shape index (κ3) is 3.16. The van der Waals surface area contributed by atoms with Gasteiger partial charge in [0.15, 0.2) is 0 Å². The lowest BCUT2D eigenvalue weighted by Crippen LogP contribution is -2.18. The molecule has 1 heterocycles. The van der Waals surface area contributed by atoms with Gasteiger partial charge in [-0.25, -0.2) is 4.79 Å². The number of benzene rings is 2. The smallest absolute Gasteiger partial charge is 0.411 e. The Balaban J connectivity index is 1.49. The van der Waals surface area contributed by atoms with Crippen molar-refractivity contribution in [3.05, 3.63) is 71.0 Å². The van der Waals surface area contributed by atoms with Crippen molar-refractivity contribution in [3.8, 4) is 11.1 Å². The van der Waals surface area contributed by atoms with Crippen LogP contribution in [-0.4, -0.2) is 34.2 Å². The minimum Gasteiger partial charge on any atom is -0.448 e. The Morgan fingerprint density at radius 3 is 2.32 bits per heavy atom. The quantitative estimate of drug-likeness (QED) is 0.708. The van der Waals surface area contributed by atoms with Crippen LogP contribution in [0.3, 0.4) is 0 Å². The molecule has 28 heavy (non-hydrogen) atoms. The molecule has 0 atom stereocenters. The number of nitrogens with zero attached hydrogens (tertiary/aromatic N) is 2. The highest BCUT2D eigenvalue weighted by molar-refractivity contribution is 5.86. The van der Waals surface area contributed by atoms with Crippen molar-refractivity contribution in [1.29, 1.82) is 0 Å². The zero-order valence-corrected chi connectivity index (χ0v) is 16.0. The molecule has 1 aliphatic rings. The second kappa shape index (κ2) is 7.48. The number of amides is 1. The van der Waals surface area contributed by atoms with Crippen LogP contribution >= 0.6 is 0 Å². The van der Waals surface area contributed by atoms with Gasteiger partial charge in [-0.2, -0.15) is 5.10 Å². The predicted octanol–water partition coefficient (Wildman–Crippen LogP) is 3.85. The van der Waals surface area contributed by atoms with E-state index in [1.807, 2.05) is 38.1 Å². The van der Waals surface area contributed by atoms with Crippen LogP contribution in [0.2, 0.25) is 0 Å². The lowest BCUT2D eigenvalue weighted by molar-refractivity contribution is 0.158. The molecule has 0 unspecified atom stereocenters. The highest BCUT2D eigenvalue weighted by atomic mass is 16.5. The second-order valence-corrected chi connectivity index (χ2v) is 6.94. The van der Waals surface area contributed by atoms with Crippen molar-refractivity contribution in [1.82, 2.24) is 9.78 Å². The van der Waals surface area contributed by atoms with Crippen molar-refractivity contribution in [2.45, 2.75) is 26.3 Å². The molecule has 0 aliphatic heterocycles. The standard InChI is InChI=1S/C22H23N3O3/c1-14-21(15(2)25(24-14)11-12-26)23-22(27)28-13-20-18-9-5-3-7-16(18)17-8-4-6-10-19(17)20/h3-10,20,26H,11-13H2,1-2H3,(H,23,27). The maximum atomic E-state index is 12.4. The number of hydrogen-bond acceptors (Lipinski definition) is 4. The number of aliphatic hydroxyl groups excluding tert-OH is 1. The number of nitrogens with one attached hydrogen (secondary N) is 1. The fraction of sp³-hybridized carbons (Fsp3) is 0.273. The molecule has 4 rings (SSSR count). The van der Waals surface area contributed by atoms with E-state index in [-0.39, 0.29) is 19.1 Å². The zero-order chi connectivity index (χ0) is 19.7. The molecule has 0 spiro atoms. The van der Waals surface area contributed by atoms with E-state index in [1.54, 1.807) is 4.68 Å². The monoisotopic (exact) mass is 377 g/mol. The van der Waals surface area contributed by atoms with Crippen molar-refractivity contribution in [3.63, 3.8) is 0 Å². The first-order valence-corrected chi connectivity index (χ1v) is 9.37. The minimum absolute atomic E-state index is 0.00759. The van der Waals surface area contributed by atoms with Crippen LogP contribution in [0.1, 0.15) is 28.4 Å². The number of anilines is 1. The van der Waals surface area contributed by atoms with Crippen molar-refractivity contribution >= 4 is 11.8 Å². The van der Waals surface area contributed by atoms with Gasteiger partial charge in [0, 0.05) is 5.92 Å². The maximum absolute atomic E-state index is 12.4. The predicted molar refractivity (Wildman–Crippen MR) is 107 cm³/mol. The van der Waals surface area contributed by atoms with Crippen LogP contribution < -0.4 is 5.32 Å². The van der Waals surface area contributed by atoms with Gasteiger partial charge in [-0.15, -0.1) is 0 Å². The molecular weight excluding hydrogens is 354 g/mol. The Morgan fingerprint density at radius 2 is 1.71 bits per heavy atom. The molecule has 2 N–H and O–H groups in total. The largest absolute Gasteiger partial charge is 0.448 e. The van der Waals surface area contributed by atoms with Gasteiger partial charge in [-0.1, -0.05) is 48.5 Å². The molecule has 1 aliphatic carbocycles. The van der Waals surface area contributed by atoms with E-state index in [0.29, 0.717) is 17.9 Å². The normalized spacial score (nSPS) is 12.5. The first-order valence-electron chi connectivity index (χ1n) is 9.37. The van der Waals surface area contributed by atoms with Gasteiger partial charge in [0.25, 0.3) is 0 Å². The Bertz CT molecular complexity index is 980. The molecule has 0 fully saturated rings. The number of aromatic nitrogens is 2. The number of aryl methyl sites for hydroxylation is 1. The maximum Gasteiger partial charge on any atom is 0.411 e. The Morgan fingerprint density at radius 1 is 1.11 bits per heavy atom. The van der Waals surface area contributed by atoms with E-state index in [2.05, 4.69) is 34.7 Å². The SMILES string of the molecule is Cc1nn(CCO)c(C)c1NC(=O)OCC1c2ccccc2-c2ccccc21. The van der Waals surface area contributed by atoms with E-state index in [9.17, 15) is 4.79 Å². The molecule has 0 saturated carbocycles. The first kappa shape index (κ1) is 18.3. The Labute approximate surface area is 163 Å². The van der Waals surface area contributed by atoms with Crippen LogP contribution in [0.5, 0.6) is 0 Å². The third-order valence-electron chi connectivity index (χ3n) is 5.26. The van der Waals surface area contributed by atoms with E-state index in [1.165, 1.54) is 22.3 Å². The lowest BCUT2D eigenvalue weighted by atomic mass is 9.98. The van der Waals surface area contributed by atoms with Gasteiger partial charge in [0.1, 0.15) is 6.61 Å². The van der Waals surface area contributed by atoms with E-state index in [4.69, 9.17) is 9.84 Å². The van der Waals surface area contributed by atoms with E-state index >= 15 is 0 Å². The summed E-state index contributed by atoms with van der Waals surface area (Å²) in [5, 5.41) is 16.3. The topological polar surface area (TPSA) is 76.4 Å². The van der Waals surface area contributed by atoms with Gasteiger partial charge in [0.2, 0.25) is 0 Å². The van der Waals surface area contributed by atoms with E-state index in [0.717, 1.165) is 5.69 Å². The summed E-state index contributed by atoms with van der Waals surface area (Å²) in [6.45, 7) is 4.32. The zero-order valence-electron chi connectivity index (χ0n) is 16.0. The van der Waals surface area contributed by atoms with Gasteiger partial charge in [-0.05, 0) is 36.1 Å². The Hall–Kier alpha value is -3.12. The summed E-state index contributed by atoms with van der Waals surface area (Å²) in [5.41, 5.74) is 6.87. The highest BCUT2D eigenvalue weighted by Crippen LogP contribution is 2.44. The third-order valence-corrected chi connectivity index (χ3v) is 5.26.